The van der Waals surface area contributed by atoms with Gasteiger partial charge in [0.25, 0.3) is 5.91 Å². The third kappa shape index (κ3) is 4.38. The van der Waals surface area contributed by atoms with Gasteiger partial charge >= 0.3 is 0 Å². The number of aryl methyl sites for hydroxylation is 1. The van der Waals surface area contributed by atoms with Crippen LogP contribution in [0.4, 0.5) is 0 Å². The molecule has 0 aliphatic carbocycles. The molecule has 2 N–H and O–H groups in total. The van der Waals surface area contributed by atoms with Crippen LogP contribution in [0.2, 0.25) is 0 Å². The number of nitrogens with one attached hydrogen (secondary N) is 2. The Kier molecular flexibility index (Phi) is 5.10. The summed E-state index contributed by atoms with van der Waals surface area (Å²) in [5, 5.41) is 0. The minimum atomic E-state index is -3.20. The Morgan fingerprint density at radius 3 is 2.96 bits per heavy atom. The van der Waals surface area contributed by atoms with E-state index in [-0.39, 0.29) is 11.9 Å². The maximum absolute atomic E-state index is 13.0. The molecule has 1 amide bonds. The minimum absolute atomic E-state index is 0.00166. The van der Waals surface area contributed by atoms with Crippen molar-refractivity contribution < 1.29 is 13.2 Å². The Labute approximate surface area is 147 Å². The number of aromatic amines is 1. The predicted molar refractivity (Wildman–Crippen MR) is 97.0 cm³/mol. The third-order valence-corrected chi connectivity index (χ3v) is 5.31. The van der Waals surface area contributed by atoms with E-state index >= 15 is 0 Å². The van der Waals surface area contributed by atoms with E-state index < -0.39 is 10.0 Å². The highest BCUT2D eigenvalue weighted by Gasteiger charge is 2.27. The first kappa shape index (κ1) is 17.9. The zero-order chi connectivity index (χ0) is 18.0. The summed E-state index contributed by atoms with van der Waals surface area (Å²) in [5.41, 5.74) is 2.34. The number of piperidine rings is 1. The molecule has 0 saturated carbocycles. The van der Waals surface area contributed by atoms with Crippen LogP contribution >= 0.6 is 0 Å². The number of sulfonamides is 1. The maximum Gasteiger partial charge on any atom is 0.254 e. The van der Waals surface area contributed by atoms with Crippen molar-refractivity contribution in [2.75, 3.05) is 19.3 Å². The van der Waals surface area contributed by atoms with Gasteiger partial charge in [0.2, 0.25) is 10.0 Å². The zero-order valence-corrected chi connectivity index (χ0v) is 15.4. The average molecular weight is 364 g/mol. The summed E-state index contributed by atoms with van der Waals surface area (Å²) in [7, 11) is -3.20. The molecule has 7 nitrogen and oxygen atoms in total. The van der Waals surface area contributed by atoms with Gasteiger partial charge in [0, 0.05) is 24.7 Å². The lowest BCUT2D eigenvalue weighted by molar-refractivity contribution is 0.0604. The number of carbonyl (C=O) groups excluding carboxylic acids is 1. The molecule has 1 aromatic carbocycles. The summed E-state index contributed by atoms with van der Waals surface area (Å²) >= 11 is 0. The Morgan fingerprint density at radius 2 is 2.20 bits per heavy atom. The SMILES string of the molecule is Cc1nc2ccc(C(=O)N3CCCCC3CCNS(C)(=O)=O)cc2[nH]1. The first-order valence-corrected chi connectivity index (χ1v) is 10.4. The Hall–Kier alpha value is -1.93. The van der Waals surface area contributed by atoms with Crippen molar-refractivity contribution in [2.24, 2.45) is 0 Å². The first-order chi connectivity index (χ1) is 11.8. The number of amides is 1. The monoisotopic (exact) mass is 364 g/mol. The van der Waals surface area contributed by atoms with Crippen LogP contribution < -0.4 is 4.72 Å². The molecule has 0 bridgehead atoms. The molecule has 0 radical (unpaired) electrons. The van der Waals surface area contributed by atoms with E-state index in [4.69, 9.17) is 0 Å². The second-order valence-electron chi connectivity index (χ2n) is 6.66. The summed E-state index contributed by atoms with van der Waals surface area (Å²) in [4.78, 5) is 22.4. The number of fused-ring (bicyclic) bond motifs is 1. The van der Waals surface area contributed by atoms with Gasteiger partial charge in [0.1, 0.15) is 5.82 Å². The molecule has 25 heavy (non-hydrogen) atoms. The second-order valence-corrected chi connectivity index (χ2v) is 8.49. The van der Waals surface area contributed by atoms with E-state index in [1.165, 1.54) is 0 Å². The fraction of sp³-hybridized carbons (Fsp3) is 0.529. The molecule has 1 saturated heterocycles. The Morgan fingerprint density at radius 1 is 1.40 bits per heavy atom. The average Bonchev–Trinajstić information content (AvgIpc) is 2.92. The van der Waals surface area contributed by atoms with Crippen molar-refractivity contribution >= 4 is 27.0 Å². The van der Waals surface area contributed by atoms with Gasteiger partial charge in [-0.05, 0) is 50.8 Å². The molecular formula is C17H24N4O3S. The fourth-order valence-corrected chi connectivity index (χ4v) is 3.90. The van der Waals surface area contributed by atoms with E-state index in [0.717, 1.165) is 42.4 Å². The van der Waals surface area contributed by atoms with E-state index in [2.05, 4.69) is 14.7 Å². The van der Waals surface area contributed by atoms with Crippen LogP contribution in [0, 0.1) is 6.92 Å². The molecule has 1 fully saturated rings. The molecule has 3 rings (SSSR count). The molecule has 1 aliphatic heterocycles. The maximum atomic E-state index is 13.0. The molecule has 1 atom stereocenters. The molecule has 0 spiro atoms. The smallest absolute Gasteiger partial charge is 0.254 e. The van der Waals surface area contributed by atoms with E-state index in [1.807, 2.05) is 30.0 Å². The lowest BCUT2D eigenvalue weighted by Gasteiger charge is -2.36. The lowest BCUT2D eigenvalue weighted by Crippen LogP contribution is -2.45. The van der Waals surface area contributed by atoms with Crippen molar-refractivity contribution in [3.63, 3.8) is 0 Å². The van der Waals surface area contributed by atoms with Gasteiger partial charge < -0.3 is 9.88 Å². The fourth-order valence-electron chi connectivity index (χ4n) is 3.42. The van der Waals surface area contributed by atoms with Gasteiger partial charge in [-0.2, -0.15) is 0 Å². The van der Waals surface area contributed by atoms with E-state index in [9.17, 15) is 13.2 Å². The van der Waals surface area contributed by atoms with E-state index in [1.54, 1.807) is 0 Å². The van der Waals surface area contributed by atoms with Crippen molar-refractivity contribution in [1.82, 2.24) is 19.6 Å². The first-order valence-electron chi connectivity index (χ1n) is 8.55. The molecular weight excluding hydrogens is 340 g/mol. The highest BCUT2D eigenvalue weighted by Crippen LogP contribution is 2.23. The van der Waals surface area contributed by atoms with Gasteiger partial charge in [-0.1, -0.05) is 0 Å². The summed E-state index contributed by atoms with van der Waals surface area (Å²) in [6, 6.07) is 5.58. The molecule has 2 aromatic rings. The number of H-pyrrole nitrogens is 1. The molecule has 2 heterocycles. The third-order valence-electron chi connectivity index (χ3n) is 4.58. The summed E-state index contributed by atoms with van der Waals surface area (Å²) in [6.45, 7) is 2.95. The number of hydrogen-bond acceptors (Lipinski definition) is 4. The van der Waals surface area contributed by atoms with Crippen LogP contribution in [-0.2, 0) is 10.0 Å². The van der Waals surface area contributed by atoms with Gasteiger partial charge in [-0.25, -0.2) is 18.1 Å². The van der Waals surface area contributed by atoms with Crippen molar-refractivity contribution in [3.05, 3.63) is 29.6 Å². The van der Waals surface area contributed by atoms with Crippen LogP contribution in [0.1, 0.15) is 41.9 Å². The quantitative estimate of drug-likeness (QED) is 0.846. The number of nitrogens with zero attached hydrogens (tertiary/aromatic N) is 2. The van der Waals surface area contributed by atoms with Crippen molar-refractivity contribution in [3.8, 4) is 0 Å². The number of aromatic nitrogens is 2. The number of benzene rings is 1. The van der Waals surface area contributed by atoms with Gasteiger partial charge in [-0.3, -0.25) is 4.79 Å². The highest BCUT2D eigenvalue weighted by atomic mass is 32.2. The van der Waals surface area contributed by atoms with Gasteiger partial charge in [0.05, 0.1) is 17.3 Å². The second kappa shape index (κ2) is 7.13. The molecule has 136 valence electrons. The lowest BCUT2D eigenvalue weighted by atomic mass is 9.98. The Balaban J connectivity index is 1.74. The topological polar surface area (TPSA) is 95.2 Å². The predicted octanol–water partition coefficient (Wildman–Crippen LogP) is 1.81. The Bertz CT molecular complexity index is 875. The highest BCUT2D eigenvalue weighted by molar-refractivity contribution is 7.88. The number of likely N-dealkylation sites (tertiary alicyclic amines) is 1. The molecule has 1 unspecified atom stereocenters. The number of carbonyl (C=O) groups is 1. The van der Waals surface area contributed by atoms with Crippen LogP contribution in [0.15, 0.2) is 18.2 Å². The summed E-state index contributed by atoms with van der Waals surface area (Å²) in [6.07, 6.45) is 4.73. The minimum Gasteiger partial charge on any atom is -0.342 e. The van der Waals surface area contributed by atoms with E-state index in [0.29, 0.717) is 25.1 Å². The number of rotatable bonds is 5. The van der Waals surface area contributed by atoms with Crippen molar-refractivity contribution in [2.45, 2.75) is 38.6 Å². The largest absolute Gasteiger partial charge is 0.342 e. The van der Waals surface area contributed by atoms with Crippen LogP contribution in [0.25, 0.3) is 11.0 Å². The molecule has 1 aromatic heterocycles. The summed E-state index contributed by atoms with van der Waals surface area (Å²) in [5.74, 6) is 0.820. The van der Waals surface area contributed by atoms with Crippen LogP contribution in [-0.4, -0.2) is 54.6 Å². The van der Waals surface area contributed by atoms with Gasteiger partial charge in [0.15, 0.2) is 0 Å². The zero-order valence-electron chi connectivity index (χ0n) is 14.6. The van der Waals surface area contributed by atoms with Crippen molar-refractivity contribution in [1.29, 1.82) is 0 Å². The molecule has 8 heteroatoms. The normalized spacial score (nSPS) is 18.6. The van der Waals surface area contributed by atoms with Gasteiger partial charge in [-0.15, -0.1) is 0 Å². The molecule has 1 aliphatic rings. The standard InChI is InChI=1S/C17H24N4O3S/c1-12-19-15-7-6-13(11-16(15)20-12)17(22)21-10-4-3-5-14(21)8-9-18-25(2,23)24/h6-7,11,14,18H,3-5,8-10H2,1-2H3,(H,19,20). The van der Waals surface area contributed by atoms with Crippen LogP contribution in [0.5, 0.6) is 0 Å². The number of imidazole rings is 1. The summed E-state index contributed by atoms with van der Waals surface area (Å²) < 4.78 is 25.0. The van der Waals surface area contributed by atoms with Crippen LogP contribution in [0.3, 0.4) is 0 Å². The number of hydrogen-bond donors (Lipinski definition) is 2.